The van der Waals surface area contributed by atoms with Crippen molar-refractivity contribution in [2.75, 3.05) is 0 Å². The Balaban J connectivity index is 2.96. The van der Waals surface area contributed by atoms with Crippen LogP contribution in [0.3, 0.4) is 0 Å². The molecule has 0 nitrogen and oxygen atoms in total. The first-order valence-corrected chi connectivity index (χ1v) is 9.37. The van der Waals surface area contributed by atoms with Crippen LogP contribution in [0.15, 0.2) is 0 Å². The number of hydrogen-bond acceptors (Lipinski definition) is 0. The minimum atomic E-state index is 1.01. The van der Waals surface area contributed by atoms with E-state index < -0.39 is 0 Å². The molecule has 0 saturated heterocycles. The first kappa shape index (κ1) is 19.6. The Hall–Kier alpha value is -0.440. The molecule has 0 aliphatic carbocycles. The molecule has 0 N–H and O–H groups in total. The van der Waals surface area contributed by atoms with Gasteiger partial charge in [0.25, 0.3) is 0 Å². The van der Waals surface area contributed by atoms with Gasteiger partial charge >= 0.3 is 0 Å². The topological polar surface area (TPSA) is 0 Å². The highest BCUT2D eigenvalue weighted by Crippen LogP contribution is 2.13. The molecule has 0 rings (SSSR count). The highest BCUT2D eigenvalue weighted by atomic mass is 14.0. The Morgan fingerprint density at radius 2 is 0.850 bits per heavy atom. The van der Waals surface area contributed by atoms with Gasteiger partial charge in [-0.1, -0.05) is 97.3 Å². The van der Waals surface area contributed by atoms with Crippen LogP contribution in [-0.2, 0) is 0 Å². The second-order valence-corrected chi connectivity index (χ2v) is 6.05. The first-order valence-electron chi connectivity index (χ1n) is 9.37. The number of unbranched alkanes of at least 4 members (excludes halogenated alkanes) is 14. The van der Waals surface area contributed by atoms with Crippen LogP contribution in [-0.4, -0.2) is 0 Å². The maximum absolute atomic E-state index is 3.23. The predicted molar refractivity (Wildman–Crippen MR) is 93.0 cm³/mol. The van der Waals surface area contributed by atoms with E-state index in [2.05, 4.69) is 25.7 Å². The van der Waals surface area contributed by atoms with E-state index in [-0.39, 0.29) is 0 Å². The van der Waals surface area contributed by atoms with Crippen molar-refractivity contribution >= 4 is 0 Å². The fraction of sp³-hybridized carbons (Fsp3) is 0.900. The van der Waals surface area contributed by atoms with E-state index in [1.54, 1.807) is 0 Å². The Bertz CT molecular complexity index is 218. The van der Waals surface area contributed by atoms with Gasteiger partial charge < -0.3 is 0 Å². The molecule has 0 aromatic carbocycles. The van der Waals surface area contributed by atoms with Gasteiger partial charge in [-0.15, -0.1) is 11.8 Å². The van der Waals surface area contributed by atoms with Crippen LogP contribution < -0.4 is 0 Å². The molecular formula is C20H38. The summed E-state index contributed by atoms with van der Waals surface area (Å²) in [5.41, 5.74) is 0. The third-order valence-electron chi connectivity index (χ3n) is 3.96. The van der Waals surface area contributed by atoms with Gasteiger partial charge in [0.1, 0.15) is 0 Å². The van der Waals surface area contributed by atoms with Crippen molar-refractivity contribution in [2.24, 2.45) is 0 Å². The van der Waals surface area contributed by atoms with E-state index >= 15 is 0 Å². The molecular weight excluding hydrogens is 240 g/mol. The monoisotopic (exact) mass is 278 g/mol. The van der Waals surface area contributed by atoms with E-state index in [1.807, 2.05) is 0 Å². The molecule has 0 heterocycles. The molecule has 0 heteroatoms. The summed E-state index contributed by atoms with van der Waals surface area (Å²) in [5, 5.41) is 0. The van der Waals surface area contributed by atoms with Gasteiger partial charge in [-0.3, -0.25) is 0 Å². The van der Waals surface area contributed by atoms with Crippen molar-refractivity contribution in [3.63, 3.8) is 0 Å². The molecule has 0 amide bonds. The summed E-state index contributed by atoms with van der Waals surface area (Å²) in [6.07, 6.45) is 22.2. The second kappa shape index (κ2) is 18.6. The average Bonchev–Trinajstić information content (AvgIpc) is 2.47. The Morgan fingerprint density at radius 1 is 0.450 bits per heavy atom. The summed E-state index contributed by atoms with van der Waals surface area (Å²) in [7, 11) is 0. The number of hydrogen-bond donors (Lipinski definition) is 0. The Labute approximate surface area is 129 Å². The van der Waals surface area contributed by atoms with Gasteiger partial charge in [0.15, 0.2) is 0 Å². The van der Waals surface area contributed by atoms with Crippen molar-refractivity contribution in [1.29, 1.82) is 0 Å². The van der Waals surface area contributed by atoms with E-state index in [0.717, 1.165) is 12.8 Å². The third-order valence-corrected chi connectivity index (χ3v) is 3.96. The fourth-order valence-corrected chi connectivity index (χ4v) is 2.62. The van der Waals surface area contributed by atoms with Crippen LogP contribution >= 0.6 is 0 Å². The maximum atomic E-state index is 3.23. The maximum Gasteiger partial charge on any atom is 0.00886 e. The lowest BCUT2D eigenvalue weighted by Gasteiger charge is -2.02. The first-order chi connectivity index (χ1) is 9.91. The summed E-state index contributed by atoms with van der Waals surface area (Å²) in [6, 6.07) is 0. The zero-order chi connectivity index (χ0) is 14.7. The largest absolute Gasteiger partial charge is 0.104 e. The lowest BCUT2D eigenvalue weighted by molar-refractivity contribution is 0.536. The van der Waals surface area contributed by atoms with Gasteiger partial charge in [0.05, 0.1) is 0 Å². The summed E-state index contributed by atoms with van der Waals surface area (Å²) in [4.78, 5) is 0. The molecule has 0 aliphatic heterocycles. The van der Waals surface area contributed by atoms with Crippen molar-refractivity contribution in [1.82, 2.24) is 0 Å². The molecule has 20 heavy (non-hydrogen) atoms. The fourth-order valence-electron chi connectivity index (χ4n) is 2.62. The molecule has 0 aliphatic rings. The molecule has 0 fully saturated rings. The zero-order valence-corrected chi connectivity index (χ0v) is 14.3. The quantitative estimate of drug-likeness (QED) is 0.231. The van der Waals surface area contributed by atoms with Gasteiger partial charge in [-0.05, 0) is 6.42 Å². The SMILES string of the molecule is CCC#CCCCCCCCCCCCCCCCC. The van der Waals surface area contributed by atoms with E-state index in [9.17, 15) is 0 Å². The van der Waals surface area contributed by atoms with E-state index in [4.69, 9.17) is 0 Å². The van der Waals surface area contributed by atoms with Crippen molar-refractivity contribution in [3.8, 4) is 11.8 Å². The van der Waals surface area contributed by atoms with Crippen LogP contribution in [0, 0.1) is 11.8 Å². The Kier molecular flexibility index (Phi) is 18.2. The lowest BCUT2D eigenvalue weighted by atomic mass is 10.0. The minimum absolute atomic E-state index is 1.01. The molecule has 118 valence electrons. The molecule has 0 bridgehead atoms. The second-order valence-electron chi connectivity index (χ2n) is 6.05. The normalized spacial score (nSPS) is 10.3. The molecule has 0 unspecified atom stereocenters. The molecule has 0 aromatic heterocycles. The van der Waals surface area contributed by atoms with E-state index in [1.165, 1.54) is 89.9 Å². The van der Waals surface area contributed by atoms with Crippen LogP contribution in [0.1, 0.15) is 117 Å². The van der Waals surface area contributed by atoms with E-state index in [0.29, 0.717) is 0 Å². The predicted octanol–water partition coefficient (Wildman–Crippen LogP) is 7.27. The highest BCUT2D eigenvalue weighted by Gasteiger charge is 1.93. The van der Waals surface area contributed by atoms with Crippen molar-refractivity contribution < 1.29 is 0 Å². The van der Waals surface area contributed by atoms with Gasteiger partial charge in [0, 0.05) is 12.8 Å². The average molecular weight is 279 g/mol. The molecule has 0 spiro atoms. The van der Waals surface area contributed by atoms with Crippen LogP contribution in [0.4, 0.5) is 0 Å². The molecule has 0 aromatic rings. The number of rotatable bonds is 14. The van der Waals surface area contributed by atoms with Gasteiger partial charge in [0.2, 0.25) is 0 Å². The third kappa shape index (κ3) is 17.6. The van der Waals surface area contributed by atoms with Gasteiger partial charge in [-0.2, -0.15) is 0 Å². The standard InChI is InChI=1S/C20H38/c1-3-5-7-9-11-13-15-17-19-20-18-16-14-12-10-8-6-4-2/h3-5,7,9-20H2,1-2H3. The molecule has 0 atom stereocenters. The molecule has 0 saturated carbocycles. The van der Waals surface area contributed by atoms with Crippen molar-refractivity contribution in [2.45, 2.75) is 117 Å². The molecule has 0 radical (unpaired) electrons. The van der Waals surface area contributed by atoms with Crippen molar-refractivity contribution in [3.05, 3.63) is 0 Å². The van der Waals surface area contributed by atoms with Crippen LogP contribution in [0.25, 0.3) is 0 Å². The zero-order valence-electron chi connectivity index (χ0n) is 14.3. The minimum Gasteiger partial charge on any atom is -0.104 e. The highest BCUT2D eigenvalue weighted by molar-refractivity contribution is 4.97. The summed E-state index contributed by atoms with van der Waals surface area (Å²) >= 11 is 0. The Morgan fingerprint density at radius 3 is 1.25 bits per heavy atom. The smallest absolute Gasteiger partial charge is 0.00886 e. The lowest BCUT2D eigenvalue weighted by Crippen LogP contribution is -1.83. The summed E-state index contributed by atoms with van der Waals surface area (Å²) < 4.78 is 0. The summed E-state index contributed by atoms with van der Waals surface area (Å²) in [6.45, 7) is 4.41. The van der Waals surface area contributed by atoms with Crippen LogP contribution in [0.5, 0.6) is 0 Å². The van der Waals surface area contributed by atoms with Gasteiger partial charge in [-0.25, -0.2) is 0 Å². The summed E-state index contributed by atoms with van der Waals surface area (Å²) in [5.74, 6) is 6.37. The van der Waals surface area contributed by atoms with Crippen LogP contribution in [0.2, 0.25) is 0 Å².